The van der Waals surface area contributed by atoms with Crippen molar-refractivity contribution in [2.24, 2.45) is 0 Å². The molecule has 8 nitrogen and oxygen atoms in total. The van der Waals surface area contributed by atoms with Crippen molar-refractivity contribution in [2.75, 3.05) is 16.6 Å². The van der Waals surface area contributed by atoms with Gasteiger partial charge in [-0.15, -0.1) is 0 Å². The van der Waals surface area contributed by atoms with Gasteiger partial charge in [0, 0.05) is 12.1 Å². The summed E-state index contributed by atoms with van der Waals surface area (Å²) >= 11 is 0. The molecular weight excluding hydrogens is 358 g/mol. The van der Waals surface area contributed by atoms with Crippen molar-refractivity contribution in [3.8, 4) is 0 Å². The Hall–Kier alpha value is -2.65. The van der Waals surface area contributed by atoms with Crippen LogP contribution in [0.2, 0.25) is 0 Å². The van der Waals surface area contributed by atoms with E-state index < -0.39 is 21.0 Å². The second-order valence-electron chi connectivity index (χ2n) is 6.09. The van der Waals surface area contributed by atoms with E-state index in [1.54, 1.807) is 26.0 Å². The van der Waals surface area contributed by atoms with E-state index in [-0.39, 0.29) is 22.9 Å². The summed E-state index contributed by atoms with van der Waals surface area (Å²) < 4.78 is 27.7. The second-order valence-corrected chi connectivity index (χ2v) is 7.77. The van der Waals surface area contributed by atoms with Crippen LogP contribution in [0.5, 0.6) is 0 Å². The predicted octanol–water partition coefficient (Wildman–Crippen LogP) is 2.81. The number of nitro benzene ring substituents is 1. The summed E-state index contributed by atoms with van der Waals surface area (Å²) in [6.45, 7) is 5.10. The van der Waals surface area contributed by atoms with Crippen LogP contribution in [0.3, 0.4) is 0 Å². The number of aliphatic hydroxyl groups is 1. The number of sulfonamides is 1. The van der Waals surface area contributed by atoms with Gasteiger partial charge in [0.05, 0.1) is 22.1 Å². The predicted molar refractivity (Wildman–Crippen MR) is 100.0 cm³/mol. The number of aliphatic hydroxyl groups excluding tert-OH is 1. The quantitative estimate of drug-likeness (QED) is 0.502. The summed E-state index contributed by atoms with van der Waals surface area (Å²) in [5.41, 5.74) is 1.91. The molecule has 0 bridgehead atoms. The molecular formula is C17H21N3O5S. The van der Waals surface area contributed by atoms with E-state index in [0.29, 0.717) is 5.69 Å². The number of rotatable bonds is 7. The van der Waals surface area contributed by atoms with Gasteiger partial charge in [0.1, 0.15) is 5.69 Å². The fraction of sp³-hybridized carbons (Fsp3) is 0.294. The molecule has 0 aliphatic carbocycles. The van der Waals surface area contributed by atoms with Gasteiger partial charge in [-0.1, -0.05) is 17.7 Å². The maximum atomic E-state index is 12.6. The molecule has 2 rings (SSSR count). The summed E-state index contributed by atoms with van der Waals surface area (Å²) in [6.07, 6.45) is 0. The number of benzene rings is 2. The van der Waals surface area contributed by atoms with Crippen LogP contribution < -0.4 is 10.0 Å². The van der Waals surface area contributed by atoms with E-state index in [4.69, 9.17) is 5.11 Å². The lowest BCUT2D eigenvalue weighted by molar-refractivity contribution is -0.384. The topological polar surface area (TPSA) is 122 Å². The van der Waals surface area contributed by atoms with Crippen molar-refractivity contribution < 1.29 is 18.4 Å². The van der Waals surface area contributed by atoms with Crippen LogP contribution >= 0.6 is 0 Å². The smallest absolute Gasteiger partial charge is 0.293 e. The maximum absolute atomic E-state index is 12.6. The molecule has 0 aromatic heterocycles. The minimum Gasteiger partial charge on any atom is -0.394 e. The Labute approximate surface area is 152 Å². The van der Waals surface area contributed by atoms with Gasteiger partial charge in [-0.05, 0) is 44.5 Å². The van der Waals surface area contributed by atoms with Gasteiger partial charge >= 0.3 is 0 Å². The highest BCUT2D eigenvalue weighted by Gasteiger charge is 2.22. The minimum atomic E-state index is -3.99. The van der Waals surface area contributed by atoms with Crippen molar-refractivity contribution in [1.82, 2.24) is 0 Å². The molecule has 0 amide bonds. The number of nitrogens with one attached hydrogen (secondary N) is 2. The van der Waals surface area contributed by atoms with Gasteiger partial charge in [-0.25, -0.2) is 8.42 Å². The number of nitro groups is 1. The summed E-state index contributed by atoms with van der Waals surface area (Å²) in [4.78, 5) is 10.4. The standard InChI is InChI=1S/C17H21N3O5S/c1-11-4-6-15(12(2)8-11)19-26(24,25)14-5-7-16(18-13(3)10-21)17(9-14)20(22)23/h4-9,13,18-19,21H,10H2,1-3H3. The van der Waals surface area contributed by atoms with Gasteiger partial charge in [0.2, 0.25) is 0 Å². The molecule has 0 aliphatic rings. The minimum absolute atomic E-state index is 0.141. The Morgan fingerprint density at radius 2 is 1.81 bits per heavy atom. The lowest BCUT2D eigenvalue weighted by atomic mass is 10.1. The van der Waals surface area contributed by atoms with Crippen molar-refractivity contribution >= 4 is 27.1 Å². The SMILES string of the molecule is Cc1ccc(NS(=O)(=O)c2ccc(NC(C)CO)c([N+](=O)[O-])c2)c(C)c1. The van der Waals surface area contributed by atoms with E-state index in [9.17, 15) is 18.5 Å². The Balaban J connectivity index is 2.40. The highest BCUT2D eigenvalue weighted by molar-refractivity contribution is 7.92. The third kappa shape index (κ3) is 4.50. The van der Waals surface area contributed by atoms with Gasteiger partial charge in [0.25, 0.3) is 15.7 Å². The van der Waals surface area contributed by atoms with E-state index in [1.165, 1.54) is 12.1 Å². The largest absolute Gasteiger partial charge is 0.394 e. The van der Waals surface area contributed by atoms with Gasteiger partial charge in [-0.3, -0.25) is 14.8 Å². The van der Waals surface area contributed by atoms with Crippen LogP contribution in [-0.2, 0) is 10.0 Å². The zero-order valence-corrected chi connectivity index (χ0v) is 15.5. The summed E-state index contributed by atoms with van der Waals surface area (Å²) in [5.74, 6) is 0. The first-order chi connectivity index (χ1) is 12.1. The normalized spacial score (nSPS) is 12.5. The molecule has 0 fully saturated rings. The summed E-state index contributed by atoms with van der Waals surface area (Å²) in [6, 6.07) is 8.45. The number of anilines is 2. The van der Waals surface area contributed by atoms with Crippen LogP contribution in [0, 0.1) is 24.0 Å². The molecule has 0 saturated heterocycles. The highest BCUT2D eigenvalue weighted by atomic mass is 32.2. The van der Waals surface area contributed by atoms with Crippen LogP contribution in [-0.4, -0.2) is 31.1 Å². The number of aryl methyl sites for hydroxylation is 2. The highest BCUT2D eigenvalue weighted by Crippen LogP contribution is 2.29. The van der Waals surface area contributed by atoms with Gasteiger partial charge < -0.3 is 10.4 Å². The Kier molecular flexibility index (Phi) is 5.83. The molecule has 9 heteroatoms. The van der Waals surface area contributed by atoms with Crippen LogP contribution in [0.25, 0.3) is 0 Å². The van der Waals surface area contributed by atoms with E-state index in [1.807, 2.05) is 13.0 Å². The average Bonchev–Trinajstić information content (AvgIpc) is 2.57. The molecule has 0 saturated carbocycles. The third-order valence-corrected chi connectivity index (χ3v) is 5.14. The average molecular weight is 379 g/mol. The zero-order chi connectivity index (χ0) is 19.5. The van der Waals surface area contributed by atoms with E-state index in [2.05, 4.69) is 10.0 Å². The van der Waals surface area contributed by atoms with Gasteiger partial charge in [-0.2, -0.15) is 0 Å². The van der Waals surface area contributed by atoms with E-state index in [0.717, 1.165) is 17.2 Å². The lowest BCUT2D eigenvalue weighted by Crippen LogP contribution is -2.20. The van der Waals surface area contributed by atoms with Crippen molar-refractivity contribution in [2.45, 2.75) is 31.7 Å². The third-order valence-electron chi connectivity index (χ3n) is 3.78. The summed E-state index contributed by atoms with van der Waals surface area (Å²) in [5, 5.41) is 23.2. The molecule has 140 valence electrons. The fourth-order valence-corrected chi connectivity index (χ4v) is 3.54. The van der Waals surface area contributed by atoms with E-state index >= 15 is 0 Å². The van der Waals surface area contributed by atoms with Crippen molar-refractivity contribution in [1.29, 1.82) is 0 Å². The first-order valence-electron chi connectivity index (χ1n) is 7.90. The maximum Gasteiger partial charge on any atom is 0.293 e. The van der Waals surface area contributed by atoms with Crippen molar-refractivity contribution in [3.63, 3.8) is 0 Å². The first kappa shape index (κ1) is 19.7. The molecule has 0 spiro atoms. The molecule has 0 radical (unpaired) electrons. The van der Waals surface area contributed by atoms with Crippen LogP contribution in [0.4, 0.5) is 17.1 Å². The Bertz CT molecular complexity index is 928. The second kappa shape index (κ2) is 7.71. The summed E-state index contributed by atoms with van der Waals surface area (Å²) in [7, 11) is -3.99. The Morgan fingerprint density at radius 3 is 2.38 bits per heavy atom. The first-order valence-corrected chi connectivity index (χ1v) is 9.38. The van der Waals surface area contributed by atoms with Crippen molar-refractivity contribution in [3.05, 3.63) is 57.6 Å². The number of nitrogens with zero attached hydrogens (tertiary/aromatic N) is 1. The van der Waals surface area contributed by atoms with Crippen LogP contribution in [0.15, 0.2) is 41.3 Å². The molecule has 0 aliphatic heterocycles. The molecule has 1 unspecified atom stereocenters. The molecule has 2 aromatic carbocycles. The monoisotopic (exact) mass is 379 g/mol. The fourth-order valence-electron chi connectivity index (χ4n) is 2.39. The molecule has 3 N–H and O–H groups in total. The molecule has 0 heterocycles. The molecule has 26 heavy (non-hydrogen) atoms. The zero-order valence-electron chi connectivity index (χ0n) is 14.7. The molecule has 1 atom stereocenters. The van der Waals surface area contributed by atoms with Crippen LogP contribution in [0.1, 0.15) is 18.1 Å². The Morgan fingerprint density at radius 1 is 1.15 bits per heavy atom. The molecule has 2 aromatic rings. The number of hydrogen-bond donors (Lipinski definition) is 3. The van der Waals surface area contributed by atoms with Gasteiger partial charge in [0.15, 0.2) is 0 Å². The number of hydrogen-bond acceptors (Lipinski definition) is 6. The lowest BCUT2D eigenvalue weighted by Gasteiger charge is -2.14.